The number of nitrogens with zero attached hydrogens (tertiary/aromatic N) is 5. The average Bonchev–Trinajstić information content (AvgIpc) is 3.11. The maximum Gasteiger partial charge on any atom is 0.214 e. The summed E-state index contributed by atoms with van der Waals surface area (Å²) in [6, 6.07) is 18.5. The van der Waals surface area contributed by atoms with Crippen molar-refractivity contribution in [2.24, 2.45) is 0 Å². The van der Waals surface area contributed by atoms with Crippen LogP contribution in [0.25, 0.3) is 5.69 Å². The summed E-state index contributed by atoms with van der Waals surface area (Å²) < 4.78 is 1.77. The van der Waals surface area contributed by atoms with E-state index in [9.17, 15) is 0 Å². The van der Waals surface area contributed by atoms with E-state index in [1.165, 1.54) is 11.3 Å². The largest absolute Gasteiger partial charge is 0.378 e. The number of tetrazole rings is 1. The van der Waals surface area contributed by atoms with Gasteiger partial charge in [-0.1, -0.05) is 42.1 Å². The van der Waals surface area contributed by atoms with Gasteiger partial charge in [-0.3, -0.25) is 0 Å². The molecule has 0 radical (unpaired) electrons. The van der Waals surface area contributed by atoms with E-state index < -0.39 is 0 Å². The zero-order valence-electron chi connectivity index (χ0n) is 14.9. The molecule has 1 aromatic heterocycles. The van der Waals surface area contributed by atoms with E-state index in [2.05, 4.69) is 50.0 Å². The van der Waals surface area contributed by atoms with Crippen molar-refractivity contribution in [3.05, 3.63) is 60.2 Å². The molecule has 0 saturated carbocycles. The van der Waals surface area contributed by atoms with Crippen LogP contribution in [0.3, 0.4) is 0 Å². The highest BCUT2D eigenvalue weighted by atomic mass is 35.5. The summed E-state index contributed by atoms with van der Waals surface area (Å²) in [5.41, 5.74) is 3.47. The number of thioether (sulfide) groups is 1. The van der Waals surface area contributed by atoms with Gasteiger partial charge >= 0.3 is 0 Å². The molecule has 0 spiro atoms. The van der Waals surface area contributed by atoms with Gasteiger partial charge in [-0.05, 0) is 40.3 Å². The van der Waals surface area contributed by atoms with Gasteiger partial charge in [-0.25, -0.2) is 0 Å². The third kappa shape index (κ3) is 5.45. The Labute approximate surface area is 164 Å². The van der Waals surface area contributed by atoms with Gasteiger partial charge in [0, 0.05) is 38.6 Å². The Morgan fingerprint density at radius 3 is 2.46 bits per heavy atom. The summed E-state index contributed by atoms with van der Waals surface area (Å²) in [4.78, 5) is 2.10. The molecule has 8 heteroatoms. The molecule has 0 atom stereocenters. The summed E-state index contributed by atoms with van der Waals surface area (Å²) in [5, 5.41) is 16.2. The smallest absolute Gasteiger partial charge is 0.214 e. The lowest BCUT2D eigenvalue weighted by Crippen LogP contribution is -2.17. The molecule has 0 fully saturated rings. The molecule has 0 unspecified atom stereocenters. The van der Waals surface area contributed by atoms with Crippen LogP contribution in [0, 0.1) is 0 Å². The van der Waals surface area contributed by atoms with Gasteiger partial charge in [0.2, 0.25) is 5.16 Å². The van der Waals surface area contributed by atoms with Gasteiger partial charge < -0.3 is 10.2 Å². The molecule has 2 aromatic carbocycles. The number of aromatic nitrogens is 4. The lowest BCUT2D eigenvalue weighted by molar-refractivity contribution is 0.728. The van der Waals surface area contributed by atoms with Gasteiger partial charge in [0.05, 0.1) is 5.69 Å². The number of rotatable bonds is 8. The van der Waals surface area contributed by atoms with Crippen LogP contribution in [0.5, 0.6) is 0 Å². The fraction of sp³-hybridized carbons (Fsp3) is 0.278. The number of benzene rings is 2. The number of anilines is 1. The fourth-order valence-corrected chi connectivity index (χ4v) is 3.15. The normalized spacial score (nSPS) is 10.4. The molecule has 0 saturated heterocycles. The second-order valence-electron chi connectivity index (χ2n) is 5.79. The zero-order valence-corrected chi connectivity index (χ0v) is 16.5. The average molecular weight is 391 g/mol. The molecule has 3 rings (SSSR count). The lowest BCUT2D eigenvalue weighted by Gasteiger charge is -2.12. The van der Waals surface area contributed by atoms with Gasteiger partial charge in [0.1, 0.15) is 0 Å². The monoisotopic (exact) mass is 390 g/mol. The van der Waals surface area contributed by atoms with Crippen molar-refractivity contribution in [2.45, 2.75) is 11.7 Å². The molecule has 3 aromatic rings. The number of para-hydroxylation sites is 1. The van der Waals surface area contributed by atoms with Crippen molar-refractivity contribution in [1.82, 2.24) is 25.5 Å². The van der Waals surface area contributed by atoms with E-state index >= 15 is 0 Å². The predicted molar refractivity (Wildman–Crippen MR) is 110 cm³/mol. The quantitative estimate of drug-likeness (QED) is 0.471. The lowest BCUT2D eigenvalue weighted by atomic mass is 10.2. The standard InChI is InChI=1S/C18H22N6S.ClH/c1-23(2)16-10-8-15(9-11-16)14-19-12-13-25-18-20-21-22-24(18)17-6-4-3-5-7-17;/h3-11,19H,12-14H2,1-2H3;1H. The Hall–Kier alpha value is -2.09. The predicted octanol–water partition coefficient (Wildman–Crippen LogP) is 3.03. The molecular formula is C18H23ClN6S. The van der Waals surface area contributed by atoms with Crippen LogP contribution in [0.1, 0.15) is 5.56 Å². The molecule has 0 aliphatic rings. The molecule has 0 aliphatic heterocycles. The first-order valence-electron chi connectivity index (χ1n) is 8.17. The van der Waals surface area contributed by atoms with Crippen molar-refractivity contribution in [1.29, 1.82) is 0 Å². The third-order valence-corrected chi connectivity index (χ3v) is 4.65. The topological polar surface area (TPSA) is 58.9 Å². The molecule has 0 aliphatic carbocycles. The van der Waals surface area contributed by atoms with Crippen molar-refractivity contribution < 1.29 is 0 Å². The fourth-order valence-electron chi connectivity index (χ4n) is 2.36. The first kappa shape index (κ1) is 20.2. The maximum atomic E-state index is 4.11. The number of halogens is 1. The Kier molecular flexibility index (Phi) is 7.90. The van der Waals surface area contributed by atoms with E-state index in [1.54, 1.807) is 16.4 Å². The van der Waals surface area contributed by atoms with E-state index in [1.807, 2.05) is 44.4 Å². The van der Waals surface area contributed by atoms with E-state index in [-0.39, 0.29) is 12.4 Å². The molecule has 138 valence electrons. The zero-order chi connectivity index (χ0) is 17.5. The van der Waals surface area contributed by atoms with Crippen molar-refractivity contribution in [3.8, 4) is 5.69 Å². The minimum Gasteiger partial charge on any atom is -0.378 e. The number of nitrogens with one attached hydrogen (secondary N) is 1. The van der Waals surface area contributed by atoms with Crippen LogP contribution < -0.4 is 10.2 Å². The second kappa shape index (κ2) is 10.2. The van der Waals surface area contributed by atoms with Crippen LogP contribution in [0.2, 0.25) is 0 Å². The summed E-state index contributed by atoms with van der Waals surface area (Å²) in [6.45, 7) is 1.75. The molecule has 1 heterocycles. The van der Waals surface area contributed by atoms with Crippen LogP contribution in [0.4, 0.5) is 5.69 Å². The first-order valence-corrected chi connectivity index (χ1v) is 9.16. The molecule has 0 amide bonds. The SMILES string of the molecule is CN(C)c1ccc(CNCCSc2nnnn2-c2ccccc2)cc1.Cl. The van der Waals surface area contributed by atoms with Crippen LogP contribution in [-0.4, -0.2) is 46.6 Å². The molecule has 0 bridgehead atoms. The molecule has 1 N–H and O–H groups in total. The maximum absolute atomic E-state index is 4.11. The second-order valence-corrected chi connectivity index (χ2v) is 6.86. The number of hydrogen-bond acceptors (Lipinski definition) is 6. The Bertz CT molecular complexity index is 776. The summed E-state index contributed by atoms with van der Waals surface area (Å²) in [5.74, 6) is 0.906. The summed E-state index contributed by atoms with van der Waals surface area (Å²) >= 11 is 1.65. The highest BCUT2D eigenvalue weighted by Gasteiger charge is 2.08. The highest BCUT2D eigenvalue weighted by Crippen LogP contribution is 2.17. The van der Waals surface area contributed by atoms with E-state index in [0.29, 0.717) is 0 Å². The van der Waals surface area contributed by atoms with Crippen molar-refractivity contribution in [2.75, 3.05) is 31.3 Å². The van der Waals surface area contributed by atoms with Crippen LogP contribution >= 0.6 is 24.2 Å². The van der Waals surface area contributed by atoms with Gasteiger partial charge in [-0.2, -0.15) is 4.68 Å². The summed E-state index contributed by atoms with van der Waals surface area (Å²) in [6.07, 6.45) is 0. The van der Waals surface area contributed by atoms with E-state index in [4.69, 9.17) is 0 Å². The van der Waals surface area contributed by atoms with Gasteiger partial charge in [-0.15, -0.1) is 17.5 Å². The number of hydrogen-bond donors (Lipinski definition) is 1. The third-order valence-electron chi connectivity index (χ3n) is 3.73. The van der Waals surface area contributed by atoms with Gasteiger partial charge in [0.15, 0.2) is 0 Å². The van der Waals surface area contributed by atoms with Crippen molar-refractivity contribution >= 4 is 29.9 Å². The molecular weight excluding hydrogens is 368 g/mol. The van der Waals surface area contributed by atoms with E-state index in [0.717, 1.165) is 29.7 Å². The summed E-state index contributed by atoms with van der Waals surface area (Å²) in [7, 11) is 4.10. The van der Waals surface area contributed by atoms with Gasteiger partial charge in [0.25, 0.3) is 0 Å². The Morgan fingerprint density at radius 1 is 1.04 bits per heavy atom. The van der Waals surface area contributed by atoms with Crippen LogP contribution in [0.15, 0.2) is 59.8 Å². The highest BCUT2D eigenvalue weighted by molar-refractivity contribution is 7.99. The first-order chi connectivity index (χ1) is 12.2. The minimum atomic E-state index is 0. The molecule has 6 nitrogen and oxygen atoms in total. The Balaban J connectivity index is 0.00000243. The molecule has 26 heavy (non-hydrogen) atoms. The van der Waals surface area contributed by atoms with Crippen LogP contribution in [-0.2, 0) is 6.54 Å². The van der Waals surface area contributed by atoms with Crippen molar-refractivity contribution in [3.63, 3.8) is 0 Å². The minimum absolute atomic E-state index is 0. The Morgan fingerprint density at radius 2 is 1.77 bits per heavy atom.